The van der Waals surface area contributed by atoms with E-state index >= 15 is 0 Å². The average Bonchev–Trinajstić information content (AvgIpc) is 2.15. The summed E-state index contributed by atoms with van der Waals surface area (Å²) < 4.78 is 10.9. The van der Waals surface area contributed by atoms with Crippen molar-refractivity contribution >= 4 is 0 Å². The van der Waals surface area contributed by atoms with Gasteiger partial charge in [0.25, 0.3) is 0 Å². The molecule has 0 bridgehead atoms. The minimum Gasteiger partial charge on any atom is -0.379 e. The smallest absolute Gasteiger partial charge is 0.0933 e. The Balaban J connectivity index is 2.09. The standard InChI is InChI=1S/C9H19NO2/c1-3-8-6-12-9(5-10-8)7-11-4-2/h8-10H,3-7H2,1-2H3. The van der Waals surface area contributed by atoms with Gasteiger partial charge in [-0.2, -0.15) is 0 Å². The summed E-state index contributed by atoms with van der Waals surface area (Å²) in [6.45, 7) is 7.43. The van der Waals surface area contributed by atoms with Crippen molar-refractivity contribution < 1.29 is 9.47 Å². The van der Waals surface area contributed by atoms with Gasteiger partial charge in [0.2, 0.25) is 0 Å². The molecular formula is C9H19NO2. The van der Waals surface area contributed by atoms with Crippen LogP contribution in [-0.4, -0.2) is 38.5 Å². The number of ether oxygens (including phenoxy) is 2. The molecule has 0 saturated carbocycles. The molecule has 1 N–H and O–H groups in total. The van der Waals surface area contributed by atoms with Crippen molar-refractivity contribution in [2.45, 2.75) is 32.4 Å². The first-order valence-corrected chi connectivity index (χ1v) is 4.79. The first-order chi connectivity index (χ1) is 5.86. The van der Waals surface area contributed by atoms with E-state index in [1.165, 1.54) is 0 Å². The van der Waals surface area contributed by atoms with Crippen molar-refractivity contribution in [2.75, 3.05) is 26.4 Å². The lowest BCUT2D eigenvalue weighted by atomic mass is 10.2. The van der Waals surface area contributed by atoms with Crippen LogP contribution >= 0.6 is 0 Å². The van der Waals surface area contributed by atoms with Crippen molar-refractivity contribution in [1.82, 2.24) is 5.32 Å². The van der Waals surface area contributed by atoms with Gasteiger partial charge in [-0.25, -0.2) is 0 Å². The third kappa shape index (κ3) is 3.09. The zero-order valence-corrected chi connectivity index (χ0v) is 8.01. The zero-order chi connectivity index (χ0) is 8.81. The van der Waals surface area contributed by atoms with Gasteiger partial charge < -0.3 is 14.8 Å². The zero-order valence-electron chi connectivity index (χ0n) is 8.01. The van der Waals surface area contributed by atoms with Crippen molar-refractivity contribution in [3.05, 3.63) is 0 Å². The van der Waals surface area contributed by atoms with Gasteiger partial charge >= 0.3 is 0 Å². The van der Waals surface area contributed by atoms with Gasteiger partial charge in [-0.05, 0) is 13.3 Å². The molecule has 1 aliphatic heterocycles. The highest BCUT2D eigenvalue weighted by Crippen LogP contribution is 2.03. The average molecular weight is 173 g/mol. The van der Waals surface area contributed by atoms with Crippen molar-refractivity contribution in [1.29, 1.82) is 0 Å². The largest absolute Gasteiger partial charge is 0.379 e. The molecule has 0 aromatic heterocycles. The molecule has 1 fully saturated rings. The van der Waals surface area contributed by atoms with Crippen LogP contribution in [-0.2, 0) is 9.47 Å². The van der Waals surface area contributed by atoms with Crippen LogP contribution in [0, 0.1) is 0 Å². The van der Waals surface area contributed by atoms with Crippen LogP contribution in [0.3, 0.4) is 0 Å². The van der Waals surface area contributed by atoms with E-state index in [9.17, 15) is 0 Å². The highest BCUT2D eigenvalue weighted by molar-refractivity contribution is 4.74. The predicted molar refractivity (Wildman–Crippen MR) is 48.3 cm³/mol. The van der Waals surface area contributed by atoms with Crippen LogP contribution in [0.4, 0.5) is 0 Å². The lowest BCUT2D eigenvalue weighted by molar-refractivity contribution is -0.0444. The van der Waals surface area contributed by atoms with Crippen LogP contribution in [0.15, 0.2) is 0 Å². The van der Waals surface area contributed by atoms with E-state index in [-0.39, 0.29) is 6.10 Å². The van der Waals surface area contributed by atoms with Gasteiger partial charge in [0.1, 0.15) is 0 Å². The summed E-state index contributed by atoms with van der Waals surface area (Å²) in [7, 11) is 0. The van der Waals surface area contributed by atoms with Crippen LogP contribution in [0.2, 0.25) is 0 Å². The molecule has 1 saturated heterocycles. The number of nitrogens with one attached hydrogen (secondary N) is 1. The Morgan fingerprint density at radius 2 is 2.33 bits per heavy atom. The van der Waals surface area contributed by atoms with Gasteiger partial charge in [0.05, 0.1) is 19.3 Å². The summed E-state index contributed by atoms with van der Waals surface area (Å²) >= 11 is 0. The minimum absolute atomic E-state index is 0.257. The van der Waals surface area contributed by atoms with Crippen LogP contribution in [0.5, 0.6) is 0 Å². The predicted octanol–water partition coefficient (Wildman–Crippen LogP) is 0.790. The van der Waals surface area contributed by atoms with Crippen LogP contribution in [0.1, 0.15) is 20.3 Å². The quantitative estimate of drug-likeness (QED) is 0.682. The fourth-order valence-electron chi connectivity index (χ4n) is 1.29. The second kappa shape index (κ2) is 5.51. The summed E-state index contributed by atoms with van der Waals surface area (Å²) in [5.41, 5.74) is 0. The van der Waals surface area contributed by atoms with Crippen molar-refractivity contribution in [3.8, 4) is 0 Å². The Morgan fingerprint density at radius 1 is 1.50 bits per heavy atom. The highest BCUT2D eigenvalue weighted by Gasteiger charge is 2.19. The molecule has 1 rings (SSSR count). The van der Waals surface area contributed by atoms with E-state index in [4.69, 9.17) is 9.47 Å². The molecule has 2 unspecified atom stereocenters. The molecule has 12 heavy (non-hydrogen) atoms. The molecule has 0 radical (unpaired) electrons. The van der Waals surface area contributed by atoms with Gasteiger partial charge in [-0.15, -0.1) is 0 Å². The molecule has 0 aliphatic carbocycles. The second-order valence-corrected chi connectivity index (χ2v) is 3.13. The first-order valence-electron chi connectivity index (χ1n) is 4.79. The Kier molecular flexibility index (Phi) is 4.58. The second-order valence-electron chi connectivity index (χ2n) is 3.13. The van der Waals surface area contributed by atoms with E-state index in [0.717, 1.165) is 32.8 Å². The summed E-state index contributed by atoms with van der Waals surface area (Å²) in [6.07, 6.45) is 1.40. The van der Waals surface area contributed by atoms with Gasteiger partial charge in [-0.3, -0.25) is 0 Å². The van der Waals surface area contributed by atoms with Gasteiger partial charge in [-0.1, -0.05) is 6.92 Å². The number of rotatable bonds is 4. The SMILES string of the molecule is CCOCC1CNC(CC)CO1. The lowest BCUT2D eigenvalue weighted by Gasteiger charge is -2.29. The van der Waals surface area contributed by atoms with Crippen LogP contribution in [0.25, 0.3) is 0 Å². The summed E-state index contributed by atoms with van der Waals surface area (Å²) in [5.74, 6) is 0. The molecule has 72 valence electrons. The monoisotopic (exact) mass is 173 g/mol. The van der Waals surface area contributed by atoms with Gasteiger partial charge in [0.15, 0.2) is 0 Å². The Hall–Kier alpha value is -0.120. The number of hydrogen-bond donors (Lipinski definition) is 1. The fraction of sp³-hybridized carbons (Fsp3) is 1.00. The fourth-order valence-corrected chi connectivity index (χ4v) is 1.29. The molecule has 3 nitrogen and oxygen atoms in total. The summed E-state index contributed by atoms with van der Waals surface area (Å²) in [6, 6.07) is 0.544. The maximum absolute atomic E-state index is 5.60. The van der Waals surface area contributed by atoms with E-state index in [1.54, 1.807) is 0 Å². The molecule has 1 aliphatic rings. The molecular weight excluding hydrogens is 154 g/mol. The maximum Gasteiger partial charge on any atom is 0.0933 e. The topological polar surface area (TPSA) is 30.5 Å². The third-order valence-corrected chi connectivity index (χ3v) is 2.17. The van der Waals surface area contributed by atoms with Crippen molar-refractivity contribution in [2.24, 2.45) is 0 Å². The Bertz CT molecular complexity index is 111. The molecule has 1 heterocycles. The van der Waals surface area contributed by atoms with E-state index in [1.807, 2.05) is 6.92 Å². The molecule has 0 aromatic rings. The van der Waals surface area contributed by atoms with Crippen molar-refractivity contribution in [3.63, 3.8) is 0 Å². The number of morpholine rings is 1. The molecule has 2 atom stereocenters. The first kappa shape index (κ1) is 9.96. The molecule has 0 spiro atoms. The van der Waals surface area contributed by atoms with Crippen LogP contribution < -0.4 is 5.32 Å². The molecule has 0 aromatic carbocycles. The summed E-state index contributed by atoms with van der Waals surface area (Å²) in [5, 5.41) is 3.42. The number of hydrogen-bond acceptors (Lipinski definition) is 3. The normalized spacial score (nSPS) is 30.5. The van der Waals surface area contributed by atoms with E-state index < -0.39 is 0 Å². The Morgan fingerprint density at radius 3 is 2.83 bits per heavy atom. The van der Waals surface area contributed by atoms with Gasteiger partial charge in [0, 0.05) is 19.2 Å². The van der Waals surface area contributed by atoms with E-state index in [2.05, 4.69) is 12.2 Å². The van der Waals surface area contributed by atoms with E-state index in [0.29, 0.717) is 6.04 Å². The lowest BCUT2D eigenvalue weighted by Crippen LogP contribution is -2.47. The molecule has 0 amide bonds. The summed E-state index contributed by atoms with van der Waals surface area (Å²) in [4.78, 5) is 0. The highest BCUT2D eigenvalue weighted by atomic mass is 16.5. The molecule has 3 heteroatoms. The minimum atomic E-state index is 0.257. The maximum atomic E-state index is 5.60. The third-order valence-electron chi connectivity index (χ3n) is 2.17. The Labute approximate surface area is 74.4 Å².